The summed E-state index contributed by atoms with van der Waals surface area (Å²) in [7, 11) is 1.70. The minimum atomic E-state index is -0.0751. The highest BCUT2D eigenvalue weighted by atomic mass is 16.5. The van der Waals surface area contributed by atoms with Gasteiger partial charge in [-0.25, -0.2) is 4.79 Å². The fraction of sp³-hybridized carbons (Fsp3) is 0.458. The number of carbonyl (C=O) groups is 1. The van der Waals surface area contributed by atoms with Crippen molar-refractivity contribution in [3.8, 4) is 5.75 Å². The Bertz CT molecular complexity index is 822. The predicted octanol–water partition coefficient (Wildman–Crippen LogP) is 3.16. The van der Waals surface area contributed by atoms with Crippen LogP contribution in [0.25, 0.3) is 0 Å². The van der Waals surface area contributed by atoms with Gasteiger partial charge in [-0.15, -0.1) is 0 Å². The van der Waals surface area contributed by atoms with Gasteiger partial charge in [0.25, 0.3) is 0 Å². The molecule has 2 heterocycles. The van der Waals surface area contributed by atoms with Crippen LogP contribution in [0.2, 0.25) is 0 Å². The number of hydrogen-bond donors (Lipinski definition) is 3. The molecule has 3 N–H and O–H groups in total. The maximum absolute atomic E-state index is 12.6. The Hall–Kier alpha value is -2.53. The monoisotopic (exact) mass is 394 g/mol. The Labute approximate surface area is 173 Å². The third-order valence-corrected chi connectivity index (χ3v) is 6.60. The first kappa shape index (κ1) is 19.8. The van der Waals surface area contributed by atoms with Gasteiger partial charge < -0.3 is 20.3 Å². The number of benzene rings is 2. The number of anilines is 1. The van der Waals surface area contributed by atoms with Gasteiger partial charge in [-0.05, 0) is 42.3 Å². The summed E-state index contributed by atoms with van der Waals surface area (Å²) in [4.78, 5) is 14.3. The molecule has 2 aliphatic rings. The van der Waals surface area contributed by atoms with Crippen molar-refractivity contribution in [2.75, 3.05) is 12.4 Å². The second-order valence-electron chi connectivity index (χ2n) is 8.35. The molecule has 2 fully saturated rings. The molecule has 29 heavy (non-hydrogen) atoms. The third kappa shape index (κ3) is 4.56. The average molecular weight is 395 g/mol. The van der Waals surface area contributed by atoms with Crippen molar-refractivity contribution in [1.82, 2.24) is 5.32 Å². The molecule has 5 nitrogen and oxygen atoms in total. The van der Waals surface area contributed by atoms with Crippen LogP contribution in [0.4, 0.5) is 10.5 Å². The van der Waals surface area contributed by atoms with Crippen LogP contribution >= 0.6 is 0 Å². The highest BCUT2D eigenvalue weighted by Gasteiger charge is 2.44. The molecule has 0 spiro atoms. The van der Waals surface area contributed by atoms with Crippen molar-refractivity contribution in [3.05, 3.63) is 59.7 Å². The normalized spacial score (nSPS) is 25.4. The van der Waals surface area contributed by atoms with Crippen molar-refractivity contribution in [3.63, 3.8) is 0 Å². The van der Waals surface area contributed by atoms with E-state index in [0.717, 1.165) is 37.2 Å². The molecule has 2 saturated heterocycles. The number of fused-ring (bicyclic) bond motifs is 2. The van der Waals surface area contributed by atoms with E-state index in [1.54, 1.807) is 12.0 Å². The summed E-state index contributed by atoms with van der Waals surface area (Å²) in [5, 5.41) is 6.29. The van der Waals surface area contributed by atoms with Crippen LogP contribution in [0.1, 0.15) is 43.7 Å². The van der Waals surface area contributed by atoms with Crippen molar-refractivity contribution >= 4 is 11.7 Å². The zero-order valence-corrected chi connectivity index (χ0v) is 17.4. The molecule has 0 aliphatic carbocycles. The Morgan fingerprint density at radius 2 is 1.76 bits per heavy atom. The van der Waals surface area contributed by atoms with Gasteiger partial charge >= 0.3 is 6.03 Å². The topological polar surface area (TPSA) is 54.8 Å². The maximum atomic E-state index is 12.6. The van der Waals surface area contributed by atoms with E-state index in [2.05, 4.69) is 35.8 Å². The van der Waals surface area contributed by atoms with Crippen LogP contribution in [-0.2, 0) is 13.0 Å². The van der Waals surface area contributed by atoms with Gasteiger partial charge in [0.2, 0.25) is 0 Å². The first-order valence-electron chi connectivity index (χ1n) is 10.8. The molecule has 2 amide bonds. The lowest BCUT2D eigenvalue weighted by molar-refractivity contribution is -0.954. The van der Waals surface area contributed by atoms with Gasteiger partial charge in [0.15, 0.2) is 0 Å². The third-order valence-electron chi connectivity index (χ3n) is 6.60. The Morgan fingerprint density at radius 3 is 2.41 bits per heavy atom. The zero-order valence-electron chi connectivity index (χ0n) is 17.4. The number of nitrogens with one attached hydrogen (secondary N) is 3. The number of ether oxygens (including phenoxy) is 1. The predicted molar refractivity (Wildman–Crippen MR) is 115 cm³/mol. The Balaban J connectivity index is 1.33. The minimum absolute atomic E-state index is 0.0751. The van der Waals surface area contributed by atoms with Crippen LogP contribution in [-0.4, -0.2) is 31.3 Å². The smallest absolute Gasteiger partial charge is 0.319 e. The summed E-state index contributed by atoms with van der Waals surface area (Å²) in [6.07, 6.45) is 5.55. The number of rotatable bonds is 6. The lowest BCUT2D eigenvalue weighted by atomic mass is 9.96. The van der Waals surface area contributed by atoms with Crippen molar-refractivity contribution in [1.29, 1.82) is 0 Å². The van der Waals surface area contributed by atoms with Crippen LogP contribution in [0.5, 0.6) is 5.75 Å². The SMILES string of the molecule is CCc1ccccc1NC(=O)NC1C[C@H]2CC[C@@H](C1)[NH+]2Cc1ccc(OC)cc1. The van der Waals surface area contributed by atoms with E-state index in [1.807, 2.05) is 30.3 Å². The lowest BCUT2D eigenvalue weighted by Crippen LogP contribution is -3.17. The van der Waals surface area contributed by atoms with Crippen molar-refractivity contribution in [2.24, 2.45) is 0 Å². The first-order valence-corrected chi connectivity index (χ1v) is 10.8. The molecule has 4 atom stereocenters. The molecule has 0 saturated carbocycles. The number of para-hydroxylation sites is 1. The van der Waals surface area contributed by atoms with E-state index in [0.29, 0.717) is 12.1 Å². The molecule has 2 aliphatic heterocycles. The molecule has 2 aromatic carbocycles. The molecular weight excluding hydrogens is 362 g/mol. The molecule has 2 bridgehead atoms. The van der Waals surface area contributed by atoms with Crippen LogP contribution in [0, 0.1) is 0 Å². The minimum Gasteiger partial charge on any atom is -0.497 e. The summed E-state index contributed by atoms with van der Waals surface area (Å²) in [5.74, 6) is 0.908. The quantitative estimate of drug-likeness (QED) is 0.705. The fourth-order valence-electron chi connectivity index (χ4n) is 5.11. The second-order valence-corrected chi connectivity index (χ2v) is 8.35. The zero-order chi connectivity index (χ0) is 20.2. The van der Waals surface area contributed by atoms with Gasteiger partial charge in [0.05, 0.1) is 19.2 Å². The molecule has 4 rings (SSSR count). The van der Waals surface area contributed by atoms with Crippen LogP contribution in [0.15, 0.2) is 48.5 Å². The summed E-state index contributed by atoms with van der Waals surface area (Å²) in [6, 6.07) is 17.9. The number of amides is 2. The van der Waals surface area contributed by atoms with Gasteiger partial charge in [-0.3, -0.25) is 0 Å². The van der Waals surface area contributed by atoms with E-state index >= 15 is 0 Å². The van der Waals surface area contributed by atoms with Crippen molar-refractivity contribution < 1.29 is 14.4 Å². The number of carbonyl (C=O) groups excluding carboxylic acids is 1. The lowest BCUT2D eigenvalue weighted by Gasteiger charge is -2.36. The van der Waals surface area contributed by atoms with Gasteiger partial charge in [-0.1, -0.05) is 25.1 Å². The second kappa shape index (κ2) is 8.87. The molecule has 2 aromatic rings. The van der Waals surface area contributed by atoms with E-state index in [1.165, 1.54) is 24.0 Å². The molecule has 154 valence electrons. The fourth-order valence-corrected chi connectivity index (χ4v) is 5.11. The summed E-state index contributed by atoms with van der Waals surface area (Å²) < 4.78 is 5.27. The number of piperidine rings is 1. The highest BCUT2D eigenvalue weighted by Crippen LogP contribution is 2.24. The van der Waals surface area contributed by atoms with Gasteiger partial charge in [0, 0.05) is 43.0 Å². The van der Waals surface area contributed by atoms with Crippen molar-refractivity contribution in [2.45, 2.75) is 63.7 Å². The number of aryl methyl sites for hydroxylation is 1. The molecule has 0 aromatic heterocycles. The van der Waals surface area contributed by atoms with Crippen LogP contribution < -0.4 is 20.3 Å². The van der Waals surface area contributed by atoms with E-state index in [4.69, 9.17) is 4.74 Å². The number of methoxy groups -OCH3 is 1. The molecular formula is C24H32N3O2+. The number of quaternary nitrogens is 1. The molecule has 5 heteroatoms. The Kier molecular flexibility index (Phi) is 6.05. The largest absolute Gasteiger partial charge is 0.497 e. The summed E-state index contributed by atoms with van der Waals surface area (Å²) >= 11 is 0. The standard InChI is InChI=1S/C24H31N3O2/c1-3-18-6-4-5-7-23(18)26-24(28)25-19-14-20-10-11-21(15-19)27(20)16-17-8-12-22(29-2)13-9-17/h4-9,12-13,19-21H,3,10-11,14-16H2,1-2H3,(H2,25,26,28)/p+1/t19?,20-,21+. The molecule has 2 unspecified atom stereocenters. The summed E-state index contributed by atoms with van der Waals surface area (Å²) in [5.41, 5.74) is 3.44. The summed E-state index contributed by atoms with van der Waals surface area (Å²) in [6.45, 7) is 3.17. The van der Waals surface area contributed by atoms with E-state index in [-0.39, 0.29) is 12.1 Å². The van der Waals surface area contributed by atoms with E-state index in [9.17, 15) is 4.79 Å². The first-order chi connectivity index (χ1) is 14.2. The number of urea groups is 1. The van der Waals surface area contributed by atoms with E-state index < -0.39 is 0 Å². The van der Waals surface area contributed by atoms with Gasteiger partial charge in [-0.2, -0.15) is 0 Å². The molecule has 0 radical (unpaired) electrons. The Morgan fingerprint density at radius 1 is 1.07 bits per heavy atom. The average Bonchev–Trinajstić information content (AvgIpc) is 2.96. The van der Waals surface area contributed by atoms with Gasteiger partial charge in [0.1, 0.15) is 12.3 Å². The maximum Gasteiger partial charge on any atom is 0.319 e. The van der Waals surface area contributed by atoms with Crippen LogP contribution in [0.3, 0.4) is 0 Å². The highest BCUT2D eigenvalue weighted by molar-refractivity contribution is 5.90. The number of hydrogen-bond acceptors (Lipinski definition) is 2.